The normalized spacial score (nSPS) is 12.1. The minimum Gasteiger partial charge on any atom is -0.331 e. The maximum atomic E-state index is 11.2. The number of Topliss-reactive ketones (excluding diaryl/α,β-unsaturated/α-hetero) is 1. The summed E-state index contributed by atoms with van der Waals surface area (Å²) in [5.41, 5.74) is 3.15. The van der Waals surface area contributed by atoms with Crippen LogP contribution in [0.3, 0.4) is 0 Å². The van der Waals surface area contributed by atoms with Gasteiger partial charge in [0.25, 0.3) is 0 Å². The first-order valence-corrected chi connectivity index (χ1v) is 6.24. The summed E-state index contributed by atoms with van der Waals surface area (Å²) in [6.45, 7) is 8.09. The van der Waals surface area contributed by atoms with Crippen molar-refractivity contribution in [2.45, 2.75) is 39.5 Å². The van der Waals surface area contributed by atoms with Gasteiger partial charge in [-0.05, 0) is 24.6 Å². The Morgan fingerprint density at radius 1 is 1.33 bits per heavy atom. The lowest BCUT2D eigenvalue weighted by molar-refractivity contribution is -0.116. The molecule has 0 bridgehead atoms. The Morgan fingerprint density at radius 3 is 2.56 bits per heavy atom. The zero-order chi connectivity index (χ0) is 13.5. The lowest BCUT2D eigenvalue weighted by Crippen LogP contribution is -2.17. The first kappa shape index (κ1) is 12.8. The minimum atomic E-state index is 0.0223. The molecule has 1 aromatic carbocycles. The molecule has 0 saturated carbocycles. The fourth-order valence-corrected chi connectivity index (χ4v) is 2.31. The highest BCUT2D eigenvalue weighted by molar-refractivity contribution is 5.82. The van der Waals surface area contributed by atoms with E-state index in [0.29, 0.717) is 6.42 Å². The van der Waals surface area contributed by atoms with Crippen molar-refractivity contribution >= 4 is 16.8 Å². The quantitative estimate of drug-likeness (QED) is 0.814. The van der Waals surface area contributed by atoms with Crippen molar-refractivity contribution in [1.29, 1.82) is 0 Å². The summed E-state index contributed by atoms with van der Waals surface area (Å²) in [7, 11) is 2.04. The Hall–Kier alpha value is -1.64. The molecule has 2 rings (SSSR count). The molecule has 1 aromatic heterocycles. The molecule has 0 fully saturated rings. The predicted molar refractivity (Wildman–Crippen MR) is 73.8 cm³/mol. The van der Waals surface area contributed by atoms with Gasteiger partial charge in [0.05, 0.1) is 11.0 Å². The summed E-state index contributed by atoms with van der Waals surface area (Å²) < 4.78 is 2.13. The van der Waals surface area contributed by atoms with Crippen LogP contribution in [0.15, 0.2) is 18.2 Å². The van der Waals surface area contributed by atoms with Gasteiger partial charge in [-0.1, -0.05) is 26.8 Å². The van der Waals surface area contributed by atoms with Gasteiger partial charge in [0.2, 0.25) is 0 Å². The molecule has 0 unspecified atom stereocenters. The largest absolute Gasteiger partial charge is 0.331 e. The molecule has 0 N–H and O–H groups in total. The average Bonchev–Trinajstić information content (AvgIpc) is 2.54. The molecule has 0 saturated heterocycles. The molecule has 0 aliphatic carbocycles. The SMILES string of the molecule is CC(=O)Cc1ccc2c(c1)nc(C(C)(C)C)n2C. The molecular weight excluding hydrogens is 224 g/mol. The number of imidazole rings is 1. The lowest BCUT2D eigenvalue weighted by Gasteiger charge is -2.17. The van der Waals surface area contributed by atoms with Gasteiger partial charge in [0.1, 0.15) is 11.6 Å². The van der Waals surface area contributed by atoms with Crippen LogP contribution in [0, 0.1) is 0 Å². The van der Waals surface area contributed by atoms with Gasteiger partial charge in [0.15, 0.2) is 0 Å². The van der Waals surface area contributed by atoms with E-state index in [9.17, 15) is 4.79 Å². The second-order valence-corrected chi connectivity index (χ2v) is 5.95. The van der Waals surface area contributed by atoms with E-state index in [1.54, 1.807) is 6.92 Å². The third-order valence-electron chi connectivity index (χ3n) is 3.07. The fourth-order valence-electron chi connectivity index (χ4n) is 2.31. The molecule has 1 heterocycles. The molecule has 0 radical (unpaired) electrons. The molecule has 3 nitrogen and oxygen atoms in total. The zero-order valence-corrected chi connectivity index (χ0v) is 11.7. The monoisotopic (exact) mass is 244 g/mol. The van der Waals surface area contributed by atoms with Gasteiger partial charge in [0, 0.05) is 18.9 Å². The topological polar surface area (TPSA) is 34.9 Å². The number of aryl methyl sites for hydroxylation is 1. The molecule has 0 amide bonds. The molecule has 0 atom stereocenters. The van der Waals surface area contributed by atoms with Crippen LogP contribution >= 0.6 is 0 Å². The van der Waals surface area contributed by atoms with Gasteiger partial charge >= 0.3 is 0 Å². The molecule has 96 valence electrons. The Bertz CT molecular complexity index is 603. The van der Waals surface area contributed by atoms with Gasteiger partial charge in [-0.15, -0.1) is 0 Å². The van der Waals surface area contributed by atoms with E-state index in [4.69, 9.17) is 4.98 Å². The number of rotatable bonds is 2. The van der Waals surface area contributed by atoms with Crippen LogP contribution in [-0.2, 0) is 23.7 Å². The molecule has 0 spiro atoms. The van der Waals surface area contributed by atoms with Crippen molar-refractivity contribution in [2.75, 3.05) is 0 Å². The number of nitrogens with zero attached hydrogens (tertiary/aromatic N) is 2. The molecule has 18 heavy (non-hydrogen) atoms. The van der Waals surface area contributed by atoms with Crippen molar-refractivity contribution in [3.63, 3.8) is 0 Å². The number of aromatic nitrogens is 2. The van der Waals surface area contributed by atoms with Gasteiger partial charge in [-0.2, -0.15) is 0 Å². The van der Waals surface area contributed by atoms with E-state index in [2.05, 4.69) is 31.4 Å². The van der Waals surface area contributed by atoms with Crippen molar-refractivity contribution in [2.24, 2.45) is 7.05 Å². The fraction of sp³-hybridized carbons (Fsp3) is 0.467. The third-order valence-corrected chi connectivity index (χ3v) is 3.07. The number of hydrogen-bond donors (Lipinski definition) is 0. The number of carbonyl (C=O) groups is 1. The van der Waals surface area contributed by atoms with E-state index in [-0.39, 0.29) is 11.2 Å². The predicted octanol–water partition coefficient (Wildman–Crippen LogP) is 3.00. The Kier molecular flexibility index (Phi) is 3.01. The van der Waals surface area contributed by atoms with Crippen molar-refractivity contribution < 1.29 is 4.79 Å². The summed E-state index contributed by atoms with van der Waals surface area (Å²) in [4.78, 5) is 15.9. The van der Waals surface area contributed by atoms with Crippen LogP contribution in [0.2, 0.25) is 0 Å². The molecule has 0 aliphatic rings. The van der Waals surface area contributed by atoms with Gasteiger partial charge < -0.3 is 4.57 Å². The first-order valence-electron chi connectivity index (χ1n) is 6.24. The maximum Gasteiger partial charge on any atom is 0.134 e. The zero-order valence-electron chi connectivity index (χ0n) is 11.7. The first-order chi connectivity index (χ1) is 8.29. The highest BCUT2D eigenvalue weighted by Crippen LogP contribution is 2.25. The minimum absolute atomic E-state index is 0.0223. The molecule has 2 aromatic rings. The summed E-state index contributed by atoms with van der Waals surface area (Å²) in [5, 5.41) is 0. The average molecular weight is 244 g/mol. The second-order valence-electron chi connectivity index (χ2n) is 5.95. The van der Waals surface area contributed by atoms with E-state index in [1.807, 2.05) is 19.2 Å². The van der Waals surface area contributed by atoms with Crippen LogP contribution in [-0.4, -0.2) is 15.3 Å². The summed E-state index contributed by atoms with van der Waals surface area (Å²) >= 11 is 0. The van der Waals surface area contributed by atoms with Crippen LogP contribution < -0.4 is 0 Å². The molecular formula is C15H20N2O. The number of fused-ring (bicyclic) bond motifs is 1. The second kappa shape index (κ2) is 4.23. The van der Waals surface area contributed by atoms with Crippen molar-refractivity contribution in [1.82, 2.24) is 9.55 Å². The Labute approximate surface area is 108 Å². The lowest BCUT2D eigenvalue weighted by atomic mass is 9.96. The Balaban J connectivity index is 2.55. The van der Waals surface area contributed by atoms with Crippen LogP contribution in [0.1, 0.15) is 39.1 Å². The third kappa shape index (κ3) is 2.30. The maximum absolute atomic E-state index is 11.2. The number of carbonyl (C=O) groups excluding carboxylic acids is 1. The summed E-state index contributed by atoms with van der Waals surface area (Å²) in [6, 6.07) is 6.08. The van der Waals surface area contributed by atoms with Crippen LogP contribution in [0.25, 0.3) is 11.0 Å². The van der Waals surface area contributed by atoms with Gasteiger partial charge in [-0.25, -0.2) is 4.98 Å². The molecule has 3 heteroatoms. The van der Waals surface area contributed by atoms with E-state index in [1.165, 1.54) is 0 Å². The van der Waals surface area contributed by atoms with Crippen molar-refractivity contribution in [3.05, 3.63) is 29.6 Å². The number of hydrogen-bond acceptors (Lipinski definition) is 2. The smallest absolute Gasteiger partial charge is 0.134 e. The van der Waals surface area contributed by atoms with Crippen molar-refractivity contribution in [3.8, 4) is 0 Å². The highest BCUT2D eigenvalue weighted by atomic mass is 16.1. The van der Waals surface area contributed by atoms with Crippen LogP contribution in [0.4, 0.5) is 0 Å². The Morgan fingerprint density at radius 2 is 2.00 bits per heavy atom. The standard InChI is InChI=1S/C15H20N2O/c1-10(18)8-11-6-7-13-12(9-11)16-14(17(13)5)15(2,3)4/h6-7,9H,8H2,1-5H3. The van der Waals surface area contributed by atoms with Crippen LogP contribution in [0.5, 0.6) is 0 Å². The van der Waals surface area contributed by atoms with Gasteiger partial charge in [-0.3, -0.25) is 4.79 Å². The van der Waals surface area contributed by atoms with E-state index >= 15 is 0 Å². The number of benzene rings is 1. The molecule has 0 aliphatic heterocycles. The summed E-state index contributed by atoms with van der Waals surface area (Å²) in [6.07, 6.45) is 0.483. The van der Waals surface area contributed by atoms with E-state index in [0.717, 1.165) is 22.4 Å². The summed E-state index contributed by atoms with van der Waals surface area (Å²) in [5.74, 6) is 1.25. The number of ketones is 1. The highest BCUT2D eigenvalue weighted by Gasteiger charge is 2.21. The van der Waals surface area contributed by atoms with E-state index < -0.39 is 0 Å².